The van der Waals surface area contributed by atoms with E-state index in [2.05, 4.69) is 13.8 Å². The zero-order valence-electron chi connectivity index (χ0n) is 12.0. The molecule has 0 amide bonds. The van der Waals surface area contributed by atoms with E-state index in [1.165, 1.54) is 5.56 Å². The van der Waals surface area contributed by atoms with Crippen LogP contribution in [0.15, 0.2) is 24.3 Å². The summed E-state index contributed by atoms with van der Waals surface area (Å²) in [5.41, 5.74) is 1.91. The van der Waals surface area contributed by atoms with Gasteiger partial charge in [-0.2, -0.15) is 0 Å². The van der Waals surface area contributed by atoms with Crippen molar-refractivity contribution in [3.8, 4) is 0 Å². The Labute approximate surface area is 120 Å². The van der Waals surface area contributed by atoms with Gasteiger partial charge in [0.2, 0.25) is 0 Å². The van der Waals surface area contributed by atoms with Gasteiger partial charge in [0.25, 0.3) is 0 Å². The molecule has 0 atom stereocenters. The van der Waals surface area contributed by atoms with Gasteiger partial charge in [-0.25, -0.2) is 8.42 Å². The molecule has 0 bridgehead atoms. The molecule has 1 saturated heterocycles. The molecule has 0 saturated carbocycles. The molecule has 110 valence electrons. The number of sulfone groups is 1. The summed E-state index contributed by atoms with van der Waals surface area (Å²) < 4.78 is 22.7. The fraction of sp³-hybridized carbons (Fsp3) is 0.533. The van der Waals surface area contributed by atoms with Crippen LogP contribution in [-0.4, -0.2) is 50.2 Å². The lowest BCUT2D eigenvalue weighted by molar-refractivity contribution is 0.0936. The maximum absolute atomic E-state index is 12.2. The molecule has 1 aliphatic heterocycles. The van der Waals surface area contributed by atoms with Gasteiger partial charge in [-0.15, -0.1) is 0 Å². The van der Waals surface area contributed by atoms with Crippen molar-refractivity contribution >= 4 is 15.6 Å². The van der Waals surface area contributed by atoms with Gasteiger partial charge >= 0.3 is 0 Å². The molecule has 2 rings (SSSR count). The topological polar surface area (TPSA) is 54.5 Å². The van der Waals surface area contributed by atoms with E-state index < -0.39 is 9.84 Å². The second-order valence-corrected chi connectivity index (χ2v) is 7.93. The van der Waals surface area contributed by atoms with Crippen LogP contribution in [0.1, 0.15) is 35.7 Å². The second kappa shape index (κ2) is 6.06. The monoisotopic (exact) mass is 295 g/mol. The SMILES string of the molecule is CC(C)c1ccc(C(=O)CN2CCS(=O)(=O)CC2)cc1. The Morgan fingerprint density at radius 2 is 1.70 bits per heavy atom. The number of hydrogen-bond acceptors (Lipinski definition) is 4. The number of carbonyl (C=O) groups is 1. The maximum atomic E-state index is 12.2. The van der Waals surface area contributed by atoms with Crippen LogP contribution in [0.5, 0.6) is 0 Å². The molecule has 1 aliphatic rings. The number of Topliss-reactive ketones (excluding diaryl/α,β-unsaturated/α-hetero) is 1. The Morgan fingerprint density at radius 1 is 1.15 bits per heavy atom. The highest BCUT2D eigenvalue weighted by Crippen LogP contribution is 2.15. The molecule has 0 radical (unpaired) electrons. The van der Waals surface area contributed by atoms with Gasteiger partial charge in [0.1, 0.15) is 0 Å². The summed E-state index contributed by atoms with van der Waals surface area (Å²) in [6, 6.07) is 7.69. The number of hydrogen-bond donors (Lipinski definition) is 0. The molecule has 20 heavy (non-hydrogen) atoms. The van der Waals surface area contributed by atoms with Gasteiger partial charge in [0.15, 0.2) is 15.6 Å². The van der Waals surface area contributed by atoms with E-state index in [4.69, 9.17) is 0 Å². The molecule has 1 heterocycles. The number of rotatable bonds is 4. The Kier molecular flexibility index (Phi) is 4.60. The quantitative estimate of drug-likeness (QED) is 0.794. The summed E-state index contributed by atoms with van der Waals surface area (Å²) in [5, 5.41) is 0. The lowest BCUT2D eigenvalue weighted by atomic mass is 10.0. The van der Waals surface area contributed by atoms with E-state index >= 15 is 0 Å². The highest BCUT2D eigenvalue weighted by atomic mass is 32.2. The minimum absolute atomic E-state index is 0.0552. The Hall–Kier alpha value is -1.20. The molecular formula is C15H21NO3S. The third kappa shape index (κ3) is 3.90. The minimum atomic E-state index is -2.88. The molecule has 0 aliphatic carbocycles. The Bertz CT molecular complexity index is 562. The fourth-order valence-electron chi connectivity index (χ4n) is 2.26. The van der Waals surface area contributed by atoms with Crippen molar-refractivity contribution in [1.29, 1.82) is 0 Å². The number of ketones is 1. The summed E-state index contributed by atoms with van der Waals surface area (Å²) >= 11 is 0. The molecule has 0 spiro atoms. The minimum Gasteiger partial charge on any atom is -0.294 e. The van der Waals surface area contributed by atoms with Crippen molar-refractivity contribution < 1.29 is 13.2 Å². The van der Waals surface area contributed by atoms with Crippen LogP contribution in [0.3, 0.4) is 0 Å². The molecule has 0 unspecified atom stereocenters. The van der Waals surface area contributed by atoms with Gasteiger partial charge in [0.05, 0.1) is 18.1 Å². The Morgan fingerprint density at radius 3 is 2.20 bits per heavy atom. The average Bonchev–Trinajstić information content (AvgIpc) is 2.41. The van der Waals surface area contributed by atoms with Crippen LogP contribution < -0.4 is 0 Å². The summed E-state index contributed by atoms with van der Waals surface area (Å²) in [4.78, 5) is 14.1. The average molecular weight is 295 g/mol. The van der Waals surface area contributed by atoms with E-state index in [0.29, 0.717) is 31.1 Å². The van der Waals surface area contributed by atoms with Crippen LogP contribution in [0.4, 0.5) is 0 Å². The third-order valence-corrected chi connectivity index (χ3v) is 5.31. The number of benzene rings is 1. The van der Waals surface area contributed by atoms with Crippen LogP contribution in [0.2, 0.25) is 0 Å². The van der Waals surface area contributed by atoms with E-state index in [1.807, 2.05) is 29.2 Å². The number of carbonyl (C=O) groups excluding carboxylic acids is 1. The predicted octanol–water partition coefficient (Wildman–Crippen LogP) is 1.72. The third-order valence-electron chi connectivity index (χ3n) is 3.70. The van der Waals surface area contributed by atoms with E-state index in [0.717, 1.165) is 0 Å². The highest BCUT2D eigenvalue weighted by molar-refractivity contribution is 7.91. The predicted molar refractivity (Wildman–Crippen MR) is 80.0 cm³/mol. The zero-order chi connectivity index (χ0) is 14.8. The Balaban J connectivity index is 1.95. The molecule has 1 aromatic rings. The highest BCUT2D eigenvalue weighted by Gasteiger charge is 2.23. The van der Waals surface area contributed by atoms with Crippen molar-refractivity contribution in [1.82, 2.24) is 4.90 Å². The zero-order valence-corrected chi connectivity index (χ0v) is 12.8. The van der Waals surface area contributed by atoms with Crippen molar-refractivity contribution in [3.63, 3.8) is 0 Å². The second-order valence-electron chi connectivity index (χ2n) is 5.63. The fourth-order valence-corrected chi connectivity index (χ4v) is 3.53. The molecule has 1 fully saturated rings. The van der Waals surface area contributed by atoms with Crippen molar-refractivity contribution in [2.45, 2.75) is 19.8 Å². The standard InChI is InChI=1S/C15H21NO3S/c1-12(2)13-3-5-14(6-4-13)15(17)11-16-7-9-20(18,19)10-8-16/h3-6,12H,7-11H2,1-2H3. The lowest BCUT2D eigenvalue weighted by Gasteiger charge is -2.25. The van der Waals surface area contributed by atoms with Gasteiger partial charge in [-0.3, -0.25) is 9.69 Å². The van der Waals surface area contributed by atoms with E-state index in [-0.39, 0.29) is 17.3 Å². The van der Waals surface area contributed by atoms with Gasteiger partial charge in [-0.1, -0.05) is 38.1 Å². The molecule has 4 nitrogen and oxygen atoms in total. The smallest absolute Gasteiger partial charge is 0.176 e. The molecule has 1 aromatic carbocycles. The lowest BCUT2D eigenvalue weighted by Crippen LogP contribution is -2.42. The maximum Gasteiger partial charge on any atom is 0.176 e. The molecular weight excluding hydrogens is 274 g/mol. The first kappa shape index (κ1) is 15.2. The number of nitrogens with zero attached hydrogens (tertiary/aromatic N) is 1. The van der Waals surface area contributed by atoms with Crippen molar-refractivity contribution in [3.05, 3.63) is 35.4 Å². The van der Waals surface area contributed by atoms with Crippen LogP contribution >= 0.6 is 0 Å². The molecule has 0 aromatic heterocycles. The first-order valence-electron chi connectivity index (χ1n) is 6.93. The van der Waals surface area contributed by atoms with Gasteiger partial charge < -0.3 is 0 Å². The summed E-state index contributed by atoms with van der Waals surface area (Å²) in [7, 11) is -2.88. The van der Waals surface area contributed by atoms with Crippen LogP contribution in [-0.2, 0) is 9.84 Å². The first-order valence-corrected chi connectivity index (χ1v) is 8.75. The normalized spacial score (nSPS) is 19.1. The van der Waals surface area contributed by atoms with Crippen molar-refractivity contribution in [2.75, 3.05) is 31.1 Å². The first-order chi connectivity index (χ1) is 9.37. The van der Waals surface area contributed by atoms with E-state index in [1.54, 1.807) is 0 Å². The molecule has 5 heteroatoms. The summed E-state index contributed by atoms with van der Waals surface area (Å²) in [6.07, 6.45) is 0. The van der Waals surface area contributed by atoms with Crippen LogP contribution in [0.25, 0.3) is 0 Å². The van der Waals surface area contributed by atoms with Gasteiger partial charge in [-0.05, 0) is 11.5 Å². The van der Waals surface area contributed by atoms with Gasteiger partial charge in [0, 0.05) is 18.7 Å². The largest absolute Gasteiger partial charge is 0.294 e. The van der Waals surface area contributed by atoms with E-state index in [9.17, 15) is 13.2 Å². The van der Waals surface area contributed by atoms with Crippen molar-refractivity contribution in [2.24, 2.45) is 0 Å². The summed E-state index contributed by atoms with van der Waals surface area (Å²) in [5.74, 6) is 0.824. The summed E-state index contributed by atoms with van der Waals surface area (Å²) in [6.45, 7) is 5.45. The molecule has 0 N–H and O–H groups in total. The van der Waals surface area contributed by atoms with Crippen LogP contribution in [0, 0.1) is 0 Å².